The number of nitrogens with zero attached hydrogens (tertiary/aromatic N) is 5. The second-order valence-electron chi connectivity index (χ2n) is 9.77. The molecule has 0 spiro atoms. The Bertz CT molecular complexity index is 1610. The highest BCUT2D eigenvalue weighted by Gasteiger charge is 2.21. The van der Waals surface area contributed by atoms with Gasteiger partial charge in [-0.2, -0.15) is 0 Å². The van der Waals surface area contributed by atoms with Crippen LogP contribution in [0.1, 0.15) is 23.2 Å². The number of hydrogen-bond donors (Lipinski definition) is 2. The van der Waals surface area contributed by atoms with Gasteiger partial charge in [0.1, 0.15) is 0 Å². The molecule has 37 heavy (non-hydrogen) atoms. The van der Waals surface area contributed by atoms with E-state index in [9.17, 15) is 4.79 Å². The summed E-state index contributed by atoms with van der Waals surface area (Å²) < 4.78 is 2.11. The number of amides is 1. The van der Waals surface area contributed by atoms with Gasteiger partial charge in [-0.1, -0.05) is 12.1 Å². The number of carbonyl (C=O) groups excluding carboxylic acids is 1. The zero-order valence-corrected chi connectivity index (χ0v) is 21.0. The highest BCUT2D eigenvalue weighted by atomic mass is 16.1. The summed E-state index contributed by atoms with van der Waals surface area (Å²) in [6.07, 6.45) is 10.9. The molecule has 186 valence electrons. The number of benzene rings is 2. The molecule has 2 aromatic carbocycles. The molecule has 0 aliphatic carbocycles. The van der Waals surface area contributed by atoms with Crippen LogP contribution in [-0.4, -0.2) is 56.5 Å². The van der Waals surface area contributed by atoms with E-state index in [1.54, 1.807) is 30.9 Å². The Morgan fingerprint density at radius 3 is 2.81 bits per heavy atom. The molecule has 1 amide bonds. The first-order valence-electron chi connectivity index (χ1n) is 12.6. The lowest BCUT2D eigenvalue weighted by Crippen LogP contribution is -2.46. The van der Waals surface area contributed by atoms with Gasteiger partial charge in [-0.15, -0.1) is 0 Å². The van der Waals surface area contributed by atoms with Crippen LogP contribution in [0.2, 0.25) is 0 Å². The Balaban J connectivity index is 1.36. The minimum atomic E-state index is -0.0971. The second kappa shape index (κ2) is 9.63. The molecule has 4 heterocycles. The van der Waals surface area contributed by atoms with Crippen LogP contribution in [0.3, 0.4) is 0 Å². The number of aromatic nitrogens is 4. The molecule has 0 saturated carbocycles. The van der Waals surface area contributed by atoms with Crippen LogP contribution in [0.15, 0.2) is 73.4 Å². The van der Waals surface area contributed by atoms with Crippen LogP contribution in [0.5, 0.6) is 0 Å². The van der Waals surface area contributed by atoms with E-state index in [-0.39, 0.29) is 11.9 Å². The minimum Gasteiger partial charge on any atom is -0.354 e. The maximum absolute atomic E-state index is 13.2. The van der Waals surface area contributed by atoms with Crippen molar-refractivity contribution in [2.45, 2.75) is 18.9 Å². The molecule has 1 fully saturated rings. The Morgan fingerprint density at radius 2 is 1.92 bits per heavy atom. The summed E-state index contributed by atoms with van der Waals surface area (Å²) in [5.41, 5.74) is 6.79. The van der Waals surface area contributed by atoms with Crippen molar-refractivity contribution in [3.63, 3.8) is 0 Å². The Kier molecular flexibility index (Phi) is 6.02. The number of likely N-dealkylation sites (N-methyl/N-ethyl adjacent to an activating group) is 1. The highest BCUT2D eigenvalue weighted by molar-refractivity contribution is 6.01. The number of rotatable bonds is 5. The summed E-state index contributed by atoms with van der Waals surface area (Å²) in [6.45, 7) is 1.93. The highest BCUT2D eigenvalue weighted by Crippen LogP contribution is 2.33. The molecule has 2 N–H and O–H groups in total. The molecule has 0 radical (unpaired) electrons. The zero-order valence-electron chi connectivity index (χ0n) is 21.0. The number of aryl methyl sites for hydroxylation is 1. The number of pyridine rings is 1. The SMILES string of the molecule is CN1CCCC(NC(=O)c2ccncc2Nc2cc(-c3ccc4ccn(C)c4c3)c3nccnc3c2)C1. The van der Waals surface area contributed by atoms with Crippen LogP contribution < -0.4 is 10.6 Å². The van der Waals surface area contributed by atoms with Crippen molar-refractivity contribution in [2.75, 3.05) is 25.5 Å². The van der Waals surface area contributed by atoms with Crippen molar-refractivity contribution >= 4 is 39.2 Å². The van der Waals surface area contributed by atoms with Gasteiger partial charge in [0.25, 0.3) is 5.91 Å². The molecular weight excluding hydrogens is 462 g/mol. The summed E-state index contributed by atoms with van der Waals surface area (Å²) in [4.78, 5) is 29.0. The van der Waals surface area contributed by atoms with E-state index in [0.717, 1.165) is 59.3 Å². The molecule has 0 bridgehead atoms. The fraction of sp³-hybridized carbons (Fsp3) is 0.241. The maximum Gasteiger partial charge on any atom is 0.253 e. The lowest BCUT2D eigenvalue weighted by atomic mass is 10.0. The molecule has 1 saturated heterocycles. The van der Waals surface area contributed by atoms with Gasteiger partial charge in [-0.3, -0.25) is 19.7 Å². The van der Waals surface area contributed by atoms with Gasteiger partial charge in [0.05, 0.1) is 28.5 Å². The van der Waals surface area contributed by atoms with Crippen molar-refractivity contribution in [1.29, 1.82) is 0 Å². The van der Waals surface area contributed by atoms with E-state index in [4.69, 9.17) is 0 Å². The third kappa shape index (κ3) is 4.63. The van der Waals surface area contributed by atoms with Gasteiger partial charge < -0.3 is 20.1 Å². The Morgan fingerprint density at radius 1 is 1.03 bits per heavy atom. The maximum atomic E-state index is 13.2. The van der Waals surface area contributed by atoms with E-state index in [2.05, 4.69) is 78.6 Å². The summed E-state index contributed by atoms with van der Waals surface area (Å²) >= 11 is 0. The first-order chi connectivity index (χ1) is 18.0. The van der Waals surface area contributed by atoms with Crippen molar-refractivity contribution in [2.24, 2.45) is 7.05 Å². The Labute approximate surface area is 215 Å². The molecular formula is C29H29N7O. The van der Waals surface area contributed by atoms with Crippen LogP contribution in [0.25, 0.3) is 33.1 Å². The topological polar surface area (TPSA) is 88.0 Å². The van der Waals surface area contributed by atoms with Crippen LogP contribution in [0.4, 0.5) is 11.4 Å². The summed E-state index contributed by atoms with van der Waals surface area (Å²) in [6, 6.07) is 14.4. The minimum absolute atomic E-state index is 0.0971. The number of carbonyl (C=O) groups is 1. The number of anilines is 2. The second-order valence-corrected chi connectivity index (χ2v) is 9.77. The molecule has 8 heteroatoms. The monoisotopic (exact) mass is 491 g/mol. The van der Waals surface area contributed by atoms with E-state index < -0.39 is 0 Å². The number of fused-ring (bicyclic) bond motifs is 2. The molecule has 3 aromatic heterocycles. The van der Waals surface area contributed by atoms with Gasteiger partial charge in [-0.25, -0.2) is 0 Å². The number of nitrogens with one attached hydrogen (secondary N) is 2. The van der Waals surface area contributed by atoms with E-state index in [1.807, 2.05) is 13.1 Å². The largest absolute Gasteiger partial charge is 0.354 e. The molecule has 8 nitrogen and oxygen atoms in total. The standard InChI is InChI=1S/C29H29N7O/c1-35-12-3-4-21(18-35)34-29(37)23-7-9-30-17-26(23)33-22-15-24(28-25(16-22)31-10-11-32-28)20-6-5-19-8-13-36(2)27(19)14-20/h5-11,13-17,21,33H,3-4,12,18H2,1-2H3,(H,34,37). The van der Waals surface area contributed by atoms with Gasteiger partial charge in [0, 0.05) is 61.2 Å². The van der Waals surface area contributed by atoms with Crippen molar-refractivity contribution in [3.8, 4) is 11.1 Å². The molecule has 1 aliphatic heterocycles. The van der Waals surface area contributed by atoms with Crippen LogP contribution in [-0.2, 0) is 7.05 Å². The number of likely N-dealkylation sites (tertiary alicyclic amines) is 1. The summed E-state index contributed by atoms with van der Waals surface area (Å²) in [7, 11) is 4.13. The average molecular weight is 492 g/mol. The first kappa shape index (κ1) is 23.1. The fourth-order valence-electron chi connectivity index (χ4n) is 5.19. The van der Waals surface area contributed by atoms with Crippen molar-refractivity contribution in [3.05, 3.63) is 79.0 Å². The van der Waals surface area contributed by atoms with Gasteiger partial charge in [-0.05, 0) is 67.7 Å². The van der Waals surface area contributed by atoms with Gasteiger partial charge in [0.15, 0.2) is 0 Å². The molecule has 1 aliphatic rings. The predicted octanol–water partition coefficient (Wildman–Crippen LogP) is 4.75. The number of hydrogen-bond acceptors (Lipinski definition) is 6. The Hall–Kier alpha value is -4.30. The van der Waals surface area contributed by atoms with Crippen LogP contribution in [0, 0.1) is 0 Å². The molecule has 5 aromatic rings. The quantitative estimate of drug-likeness (QED) is 0.369. The van der Waals surface area contributed by atoms with Gasteiger partial charge >= 0.3 is 0 Å². The smallest absolute Gasteiger partial charge is 0.253 e. The van der Waals surface area contributed by atoms with E-state index in [1.165, 1.54) is 5.39 Å². The predicted molar refractivity (Wildman–Crippen MR) is 147 cm³/mol. The molecule has 1 atom stereocenters. The van der Waals surface area contributed by atoms with Crippen molar-refractivity contribution < 1.29 is 4.79 Å². The average Bonchev–Trinajstić information content (AvgIpc) is 3.28. The summed E-state index contributed by atoms with van der Waals surface area (Å²) in [5, 5.41) is 7.83. The number of piperidine rings is 1. The van der Waals surface area contributed by atoms with Crippen molar-refractivity contribution in [1.82, 2.24) is 29.7 Å². The summed E-state index contributed by atoms with van der Waals surface area (Å²) in [5.74, 6) is -0.0971. The third-order valence-electron chi connectivity index (χ3n) is 7.08. The molecule has 6 rings (SSSR count). The zero-order chi connectivity index (χ0) is 25.4. The first-order valence-corrected chi connectivity index (χ1v) is 12.6. The van der Waals surface area contributed by atoms with E-state index >= 15 is 0 Å². The van der Waals surface area contributed by atoms with E-state index in [0.29, 0.717) is 11.3 Å². The van der Waals surface area contributed by atoms with Gasteiger partial charge in [0.2, 0.25) is 0 Å². The molecule has 1 unspecified atom stereocenters. The van der Waals surface area contributed by atoms with Crippen LogP contribution >= 0.6 is 0 Å². The third-order valence-corrected chi connectivity index (χ3v) is 7.08. The normalized spacial score (nSPS) is 16.2. The fourth-order valence-corrected chi connectivity index (χ4v) is 5.19. The lowest BCUT2D eigenvalue weighted by Gasteiger charge is -2.30. The lowest BCUT2D eigenvalue weighted by molar-refractivity contribution is 0.0913.